The van der Waals surface area contributed by atoms with E-state index in [2.05, 4.69) is 31.1 Å². The van der Waals surface area contributed by atoms with Gasteiger partial charge in [-0.2, -0.15) is 0 Å². The highest BCUT2D eigenvalue weighted by Crippen LogP contribution is 2.21. The number of nitrogens with one attached hydrogen (secondary N) is 1. The summed E-state index contributed by atoms with van der Waals surface area (Å²) in [6.45, 7) is 8.40. The molecule has 1 rings (SSSR count). The second-order valence-electron chi connectivity index (χ2n) is 4.94. The first-order valence-electron chi connectivity index (χ1n) is 5.80. The lowest BCUT2D eigenvalue weighted by Crippen LogP contribution is -2.54. The van der Waals surface area contributed by atoms with Gasteiger partial charge in [0.15, 0.2) is 0 Å². The molecule has 2 atom stereocenters. The van der Waals surface area contributed by atoms with Crippen molar-refractivity contribution in [3.63, 3.8) is 0 Å². The average molecular weight is 213 g/mol. The van der Waals surface area contributed by atoms with Crippen molar-refractivity contribution in [2.24, 2.45) is 17.7 Å². The number of carbonyl (C=O) groups is 1. The fourth-order valence-corrected chi connectivity index (χ4v) is 2.45. The van der Waals surface area contributed by atoms with E-state index in [1.807, 2.05) is 0 Å². The lowest BCUT2D eigenvalue weighted by atomic mass is 9.94. The maximum Gasteiger partial charge on any atom is 0.251 e. The summed E-state index contributed by atoms with van der Waals surface area (Å²) in [5.74, 6) is 6.16. The molecule has 0 aromatic heterocycles. The van der Waals surface area contributed by atoms with Crippen molar-refractivity contribution in [3.05, 3.63) is 0 Å². The van der Waals surface area contributed by atoms with Crippen molar-refractivity contribution < 1.29 is 4.79 Å². The molecule has 3 N–H and O–H groups in total. The van der Waals surface area contributed by atoms with Crippen molar-refractivity contribution in [1.82, 2.24) is 10.3 Å². The van der Waals surface area contributed by atoms with Crippen LogP contribution in [0.15, 0.2) is 0 Å². The van der Waals surface area contributed by atoms with Crippen LogP contribution in [-0.2, 0) is 4.79 Å². The molecule has 4 nitrogen and oxygen atoms in total. The highest BCUT2D eigenvalue weighted by Gasteiger charge is 2.30. The van der Waals surface area contributed by atoms with Crippen LogP contribution in [0.25, 0.3) is 0 Å². The standard InChI is InChI=1S/C11H23N3O/c1-8(2)10(11(15)13-12)14-6-4-5-9(3)7-14/h8-10H,4-7,12H2,1-3H3,(H,13,15)/t9-,10-/m1/s1. The normalized spacial score (nSPS) is 25.3. The first-order valence-corrected chi connectivity index (χ1v) is 5.80. The smallest absolute Gasteiger partial charge is 0.251 e. The lowest BCUT2D eigenvalue weighted by Gasteiger charge is -2.37. The quantitative estimate of drug-likeness (QED) is 0.413. The fourth-order valence-electron chi connectivity index (χ4n) is 2.45. The molecule has 0 aliphatic carbocycles. The second-order valence-corrected chi connectivity index (χ2v) is 4.94. The predicted octanol–water partition coefficient (Wildman–Crippen LogP) is 0.733. The van der Waals surface area contributed by atoms with Crippen LogP contribution in [0.4, 0.5) is 0 Å². The highest BCUT2D eigenvalue weighted by atomic mass is 16.2. The number of hydrogen-bond donors (Lipinski definition) is 2. The van der Waals surface area contributed by atoms with Gasteiger partial charge in [0.05, 0.1) is 6.04 Å². The number of hydrogen-bond acceptors (Lipinski definition) is 3. The van der Waals surface area contributed by atoms with Crippen LogP contribution in [0, 0.1) is 11.8 Å². The Morgan fingerprint density at radius 1 is 1.53 bits per heavy atom. The molecule has 0 bridgehead atoms. The Kier molecular flexibility index (Phi) is 4.54. The molecule has 1 saturated heterocycles. The minimum Gasteiger partial charge on any atom is -0.293 e. The molecule has 0 spiro atoms. The molecule has 88 valence electrons. The molecule has 0 unspecified atom stereocenters. The molecule has 0 aromatic carbocycles. The Balaban J connectivity index is 2.66. The largest absolute Gasteiger partial charge is 0.293 e. The number of hydrazine groups is 1. The van der Waals surface area contributed by atoms with E-state index in [-0.39, 0.29) is 11.9 Å². The number of amides is 1. The Morgan fingerprint density at radius 3 is 2.67 bits per heavy atom. The number of rotatable bonds is 3. The number of nitrogens with two attached hydrogens (primary N) is 1. The van der Waals surface area contributed by atoms with Crippen molar-refractivity contribution >= 4 is 5.91 Å². The summed E-state index contributed by atoms with van der Waals surface area (Å²) in [6, 6.07) is -0.0715. The maximum absolute atomic E-state index is 11.7. The van der Waals surface area contributed by atoms with Crippen LogP contribution in [-0.4, -0.2) is 29.9 Å². The molecule has 1 heterocycles. The summed E-state index contributed by atoms with van der Waals surface area (Å²) in [4.78, 5) is 13.9. The van der Waals surface area contributed by atoms with Gasteiger partial charge in [-0.3, -0.25) is 15.1 Å². The highest BCUT2D eigenvalue weighted by molar-refractivity contribution is 5.81. The minimum atomic E-state index is -0.0715. The predicted molar refractivity (Wildman–Crippen MR) is 60.9 cm³/mol. The van der Waals surface area contributed by atoms with Gasteiger partial charge in [-0.05, 0) is 31.2 Å². The summed E-state index contributed by atoms with van der Waals surface area (Å²) < 4.78 is 0. The van der Waals surface area contributed by atoms with Crippen LogP contribution in [0.3, 0.4) is 0 Å². The van der Waals surface area contributed by atoms with Gasteiger partial charge < -0.3 is 0 Å². The van der Waals surface area contributed by atoms with Gasteiger partial charge in [0.2, 0.25) is 0 Å². The second kappa shape index (κ2) is 5.47. The van der Waals surface area contributed by atoms with E-state index >= 15 is 0 Å². The Hall–Kier alpha value is -0.610. The van der Waals surface area contributed by atoms with Crippen LogP contribution < -0.4 is 11.3 Å². The number of likely N-dealkylation sites (tertiary alicyclic amines) is 1. The Bertz CT molecular complexity index is 218. The van der Waals surface area contributed by atoms with E-state index in [1.54, 1.807) is 0 Å². The third-order valence-corrected chi connectivity index (χ3v) is 3.12. The number of carbonyl (C=O) groups excluding carboxylic acids is 1. The van der Waals surface area contributed by atoms with E-state index in [4.69, 9.17) is 5.84 Å². The van der Waals surface area contributed by atoms with Gasteiger partial charge in [-0.1, -0.05) is 20.8 Å². The van der Waals surface area contributed by atoms with Gasteiger partial charge in [-0.25, -0.2) is 5.84 Å². The van der Waals surface area contributed by atoms with E-state index in [0.717, 1.165) is 13.1 Å². The summed E-state index contributed by atoms with van der Waals surface area (Å²) in [6.07, 6.45) is 2.45. The van der Waals surface area contributed by atoms with E-state index in [9.17, 15) is 4.79 Å². The van der Waals surface area contributed by atoms with Crippen molar-refractivity contribution in [3.8, 4) is 0 Å². The molecule has 0 radical (unpaired) electrons. The van der Waals surface area contributed by atoms with Crippen molar-refractivity contribution in [2.45, 2.75) is 39.7 Å². The zero-order valence-corrected chi connectivity index (χ0v) is 9.99. The summed E-state index contributed by atoms with van der Waals surface area (Å²) in [5.41, 5.74) is 2.28. The third-order valence-electron chi connectivity index (χ3n) is 3.12. The molecule has 0 aromatic rings. The van der Waals surface area contributed by atoms with E-state index in [0.29, 0.717) is 11.8 Å². The van der Waals surface area contributed by atoms with E-state index in [1.165, 1.54) is 12.8 Å². The van der Waals surface area contributed by atoms with Gasteiger partial charge >= 0.3 is 0 Å². The number of piperidine rings is 1. The molecule has 1 aliphatic rings. The zero-order valence-electron chi connectivity index (χ0n) is 9.99. The molecule has 4 heteroatoms. The molecule has 0 saturated carbocycles. The molecule has 1 aliphatic heterocycles. The van der Waals surface area contributed by atoms with Crippen LogP contribution in [0.1, 0.15) is 33.6 Å². The van der Waals surface area contributed by atoms with Gasteiger partial charge in [-0.15, -0.1) is 0 Å². The SMILES string of the molecule is CC(C)[C@H](C(=O)NN)N1CCC[C@@H](C)C1. The van der Waals surface area contributed by atoms with Crippen molar-refractivity contribution in [1.29, 1.82) is 0 Å². The third kappa shape index (κ3) is 3.18. The topological polar surface area (TPSA) is 58.4 Å². The molecular weight excluding hydrogens is 190 g/mol. The first-order chi connectivity index (χ1) is 7.06. The van der Waals surface area contributed by atoms with Gasteiger partial charge in [0.1, 0.15) is 0 Å². The van der Waals surface area contributed by atoms with Crippen LogP contribution in [0.5, 0.6) is 0 Å². The van der Waals surface area contributed by atoms with Gasteiger partial charge in [0.25, 0.3) is 5.91 Å². The van der Waals surface area contributed by atoms with Crippen molar-refractivity contribution in [2.75, 3.05) is 13.1 Å². The monoisotopic (exact) mass is 213 g/mol. The molecule has 15 heavy (non-hydrogen) atoms. The first kappa shape index (κ1) is 12.5. The zero-order chi connectivity index (χ0) is 11.4. The Labute approximate surface area is 92.2 Å². The summed E-state index contributed by atoms with van der Waals surface area (Å²) in [5, 5.41) is 0. The summed E-state index contributed by atoms with van der Waals surface area (Å²) in [7, 11) is 0. The molecular formula is C11H23N3O. The molecule has 1 fully saturated rings. The fraction of sp³-hybridized carbons (Fsp3) is 0.909. The maximum atomic E-state index is 11.7. The Morgan fingerprint density at radius 2 is 2.20 bits per heavy atom. The lowest BCUT2D eigenvalue weighted by molar-refractivity contribution is -0.128. The van der Waals surface area contributed by atoms with Gasteiger partial charge in [0, 0.05) is 6.54 Å². The molecule has 1 amide bonds. The average Bonchev–Trinajstić information content (AvgIpc) is 2.17. The van der Waals surface area contributed by atoms with Crippen LogP contribution in [0.2, 0.25) is 0 Å². The van der Waals surface area contributed by atoms with Crippen LogP contribution >= 0.6 is 0 Å². The number of nitrogens with zero attached hydrogens (tertiary/aromatic N) is 1. The summed E-state index contributed by atoms with van der Waals surface area (Å²) >= 11 is 0. The van der Waals surface area contributed by atoms with E-state index < -0.39 is 0 Å². The minimum absolute atomic E-state index is 0.0564.